The van der Waals surface area contributed by atoms with Crippen LogP contribution in [0.2, 0.25) is 0 Å². The van der Waals surface area contributed by atoms with E-state index < -0.39 is 5.60 Å². The molecule has 0 saturated carbocycles. The molecule has 0 aliphatic carbocycles. The van der Waals surface area contributed by atoms with Crippen molar-refractivity contribution in [2.45, 2.75) is 44.2 Å². The summed E-state index contributed by atoms with van der Waals surface area (Å²) >= 11 is 0. The van der Waals surface area contributed by atoms with Crippen molar-refractivity contribution in [2.75, 3.05) is 13.1 Å². The van der Waals surface area contributed by atoms with E-state index in [9.17, 15) is 5.11 Å². The van der Waals surface area contributed by atoms with Gasteiger partial charge >= 0.3 is 0 Å². The van der Waals surface area contributed by atoms with Gasteiger partial charge in [-0.2, -0.15) is 0 Å². The van der Waals surface area contributed by atoms with E-state index in [1.165, 1.54) is 12.8 Å². The molecule has 2 heteroatoms. The van der Waals surface area contributed by atoms with Crippen molar-refractivity contribution in [3.05, 3.63) is 71.8 Å². The Morgan fingerprint density at radius 1 is 1.00 bits per heavy atom. The van der Waals surface area contributed by atoms with Crippen LogP contribution in [0, 0.1) is 0 Å². The highest BCUT2D eigenvalue weighted by molar-refractivity contribution is 5.38. The lowest BCUT2D eigenvalue weighted by Gasteiger charge is -2.40. The lowest BCUT2D eigenvalue weighted by molar-refractivity contribution is -0.00412. The van der Waals surface area contributed by atoms with Crippen LogP contribution in [0.25, 0.3) is 0 Å². The molecule has 1 saturated heterocycles. The number of unbranched alkanes of at least 4 members (excludes halogenated alkanes) is 1. The van der Waals surface area contributed by atoms with Gasteiger partial charge in [0.15, 0.2) is 0 Å². The van der Waals surface area contributed by atoms with Gasteiger partial charge in [0.2, 0.25) is 0 Å². The van der Waals surface area contributed by atoms with E-state index in [1.807, 2.05) is 36.4 Å². The van der Waals surface area contributed by atoms with Gasteiger partial charge in [-0.15, -0.1) is 0 Å². The molecule has 0 aromatic heterocycles. The molecule has 2 aromatic carbocycles. The third-order valence-electron chi connectivity index (χ3n) is 5.07. The Morgan fingerprint density at radius 2 is 1.57 bits per heavy atom. The number of nitrogens with zero attached hydrogens (tertiary/aromatic N) is 1. The second kappa shape index (κ2) is 7.29. The number of hydrogen-bond acceptors (Lipinski definition) is 2. The molecule has 1 heterocycles. The number of aliphatic hydroxyl groups is 1. The molecule has 1 atom stereocenters. The average molecular weight is 309 g/mol. The van der Waals surface area contributed by atoms with E-state index >= 15 is 0 Å². The first-order valence-electron chi connectivity index (χ1n) is 8.84. The molecule has 0 radical (unpaired) electrons. The average Bonchev–Trinajstić information content (AvgIpc) is 3.10. The quantitative estimate of drug-likeness (QED) is 0.865. The van der Waals surface area contributed by atoms with Gasteiger partial charge in [-0.3, -0.25) is 4.90 Å². The maximum Gasteiger partial charge on any atom is 0.130 e. The fourth-order valence-electron chi connectivity index (χ4n) is 3.86. The second-order valence-corrected chi connectivity index (χ2v) is 6.55. The molecule has 0 amide bonds. The summed E-state index contributed by atoms with van der Waals surface area (Å²) in [7, 11) is 0. The Morgan fingerprint density at radius 3 is 2.09 bits per heavy atom. The number of benzene rings is 2. The molecule has 1 fully saturated rings. The summed E-state index contributed by atoms with van der Waals surface area (Å²) in [5.74, 6) is 0. The third kappa shape index (κ3) is 3.19. The van der Waals surface area contributed by atoms with Crippen LogP contribution in [0.1, 0.15) is 43.7 Å². The molecule has 0 bridgehead atoms. The van der Waals surface area contributed by atoms with Crippen molar-refractivity contribution in [2.24, 2.45) is 0 Å². The normalized spacial score (nSPS) is 19.1. The summed E-state index contributed by atoms with van der Waals surface area (Å²) in [5, 5.41) is 11.9. The van der Waals surface area contributed by atoms with Crippen LogP contribution < -0.4 is 0 Å². The minimum Gasteiger partial charge on any atom is -0.379 e. The maximum absolute atomic E-state index is 11.9. The van der Waals surface area contributed by atoms with E-state index in [0.29, 0.717) is 0 Å². The van der Waals surface area contributed by atoms with Crippen LogP contribution in [0.5, 0.6) is 0 Å². The van der Waals surface area contributed by atoms with Crippen molar-refractivity contribution < 1.29 is 5.11 Å². The van der Waals surface area contributed by atoms with Crippen molar-refractivity contribution in [3.8, 4) is 0 Å². The zero-order chi connectivity index (χ0) is 16.1. The molecule has 0 spiro atoms. The van der Waals surface area contributed by atoms with Gasteiger partial charge in [0.05, 0.1) is 0 Å². The van der Waals surface area contributed by atoms with Gasteiger partial charge in [-0.25, -0.2) is 0 Å². The van der Waals surface area contributed by atoms with E-state index in [4.69, 9.17) is 0 Å². The zero-order valence-corrected chi connectivity index (χ0v) is 14.0. The Bertz CT molecular complexity index is 556. The van der Waals surface area contributed by atoms with Crippen molar-refractivity contribution in [3.63, 3.8) is 0 Å². The summed E-state index contributed by atoms with van der Waals surface area (Å²) in [4.78, 5) is 2.49. The molecule has 1 aliphatic rings. The summed E-state index contributed by atoms with van der Waals surface area (Å²) in [6, 6.07) is 20.5. The van der Waals surface area contributed by atoms with Crippen molar-refractivity contribution in [1.82, 2.24) is 4.90 Å². The monoisotopic (exact) mass is 309 g/mol. The van der Waals surface area contributed by atoms with E-state index in [0.717, 1.165) is 37.1 Å². The first kappa shape index (κ1) is 16.2. The number of rotatable bonds is 6. The van der Waals surface area contributed by atoms with Crippen LogP contribution in [-0.4, -0.2) is 29.1 Å². The lowest BCUT2D eigenvalue weighted by Crippen LogP contribution is -2.48. The topological polar surface area (TPSA) is 23.5 Å². The van der Waals surface area contributed by atoms with E-state index in [2.05, 4.69) is 36.1 Å². The molecular weight excluding hydrogens is 282 g/mol. The molecule has 122 valence electrons. The second-order valence-electron chi connectivity index (χ2n) is 6.55. The fraction of sp³-hybridized carbons (Fsp3) is 0.429. The molecule has 2 aromatic rings. The molecule has 2 nitrogen and oxygen atoms in total. The van der Waals surface area contributed by atoms with Gasteiger partial charge in [-0.05, 0) is 43.5 Å². The fourth-order valence-corrected chi connectivity index (χ4v) is 3.86. The minimum atomic E-state index is -0.938. The van der Waals surface area contributed by atoms with Crippen molar-refractivity contribution >= 4 is 0 Å². The summed E-state index contributed by atoms with van der Waals surface area (Å²) < 4.78 is 0. The standard InChI is InChI=1S/C21H27NO/c1-2-3-16-22-17-10-15-20(22)21(23,18-11-6-4-7-12-18)19-13-8-5-9-14-19/h4-9,11-14,20,23H,2-3,10,15-17H2,1H3/t20-/m1/s1. The van der Waals surface area contributed by atoms with Gasteiger partial charge < -0.3 is 5.11 Å². The third-order valence-corrected chi connectivity index (χ3v) is 5.07. The van der Waals surface area contributed by atoms with Gasteiger partial charge in [0.1, 0.15) is 5.60 Å². The van der Waals surface area contributed by atoms with Crippen LogP contribution in [-0.2, 0) is 5.60 Å². The molecule has 1 N–H and O–H groups in total. The minimum absolute atomic E-state index is 0.152. The molecule has 23 heavy (non-hydrogen) atoms. The number of likely N-dealkylation sites (tertiary alicyclic amines) is 1. The maximum atomic E-state index is 11.9. The Kier molecular flexibility index (Phi) is 5.14. The smallest absolute Gasteiger partial charge is 0.130 e. The predicted octanol–water partition coefficient (Wildman–Crippen LogP) is 4.19. The molecule has 3 rings (SSSR count). The SMILES string of the molecule is CCCCN1CCC[C@@H]1C(O)(c1ccccc1)c1ccccc1. The van der Waals surface area contributed by atoms with Gasteiger partial charge in [0.25, 0.3) is 0 Å². The van der Waals surface area contributed by atoms with Crippen LogP contribution in [0.3, 0.4) is 0 Å². The predicted molar refractivity (Wildman–Crippen MR) is 95.4 cm³/mol. The first-order valence-corrected chi connectivity index (χ1v) is 8.84. The van der Waals surface area contributed by atoms with E-state index in [-0.39, 0.29) is 6.04 Å². The highest BCUT2D eigenvalue weighted by Crippen LogP contribution is 2.40. The lowest BCUT2D eigenvalue weighted by atomic mass is 9.79. The highest BCUT2D eigenvalue weighted by atomic mass is 16.3. The summed E-state index contributed by atoms with van der Waals surface area (Å²) in [5.41, 5.74) is 1.06. The summed E-state index contributed by atoms with van der Waals surface area (Å²) in [6.07, 6.45) is 4.59. The molecular formula is C21H27NO. The van der Waals surface area contributed by atoms with E-state index in [1.54, 1.807) is 0 Å². The van der Waals surface area contributed by atoms with Crippen molar-refractivity contribution in [1.29, 1.82) is 0 Å². The van der Waals surface area contributed by atoms with Crippen LogP contribution in [0.15, 0.2) is 60.7 Å². The Hall–Kier alpha value is -1.64. The first-order chi connectivity index (χ1) is 11.3. The van der Waals surface area contributed by atoms with Gasteiger partial charge in [-0.1, -0.05) is 74.0 Å². The largest absolute Gasteiger partial charge is 0.379 e. The zero-order valence-electron chi connectivity index (χ0n) is 14.0. The highest BCUT2D eigenvalue weighted by Gasteiger charge is 2.44. The van der Waals surface area contributed by atoms with Gasteiger partial charge in [0, 0.05) is 6.04 Å². The van der Waals surface area contributed by atoms with Crippen LogP contribution in [0.4, 0.5) is 0 Å². The Labute approximate surface area is 139 Å². The van der Waals surface area contributed by atoms with Crippen LogP contribution >= 0.6 is 0 Å². The number of hydrogen-bond donors (Lipinski definition) is 1. The molecule has 1 aliphatic heterocycles. The Balaban J connectivity index is 2.02. The molecule has 0 unspecified atom stereocenters. The summed E-state index contributed by atoms with van der Waals surface area (Å²) in [6.45, 7) is 4.39.